The number of nitrogen functional groups attached to an aromatic ring is 1. The first-order valence-electron chi connectivity index (χ1n) is 7.58. The van der Waals surface area contributed by atoms with E-state index in [2.05, 4.69) is 20.2 Å². The van der Waals surface area contributed by atoms with E-state index in [4.69, 9.17) is 5.73 Å². The summed E-state index contributed by atoms with van der Waals surface area (Å²) in [5.74, 6) is -0.0775. The maximum Gasteiger partial charge on any atom is 0.292 e. The van der Waals surface area contributed by atoms with E-state index < -0.39 is 0 Å². The summed E-state index contributed by atoms with van der Waals surface area (Å²) in [7, 11) is 0. The van der Waals surface area contributed by atoms with Crippen LogP contribution in [0.5, 0.6) is 0 Å². The van der Waals surface area contributed by atoms with Crippen molar-refractivity contribution in [2.45, 2.75) is 19.5 Å². The third kappa shape index (κ3) is 3.40. The van der Waals surface area contributed by atoms with Crippen molar-refractivity contribution in [3.63, 3.8) is 0 Å². The number of amides is 1. The zero-order valence-corrected chi connectivity index (χ0v) is 13.3. The van der Waals surface area contributed by atoms with Crippen LogP contribution in [0, 0.1) is 0 Å². The fourth-order valence-corrected chi connectivity index (χ4v) is 2.49. The Morgan fingerprint density at radius 2 is 1.92 bits per heavy atom. The second-order valence-corrected chi connectivity index (χ2v) is 5.42. The number of carbonyl (C=O) groups is 1. The Labute approximate surface area is 139 Å². The van der Waals surface area contributed by atoms with E-state index in [0.717, 1.165) is 11.1 Å². The van der Waals surface area contributed by atoms with Gasteiger partial charge in [0.15, 0.2) is 0 Å². The fraction of sp³-hybridized carbons (Fsp3) is 0.176. The van der Waals surface area contributed by atoms with Crippen molar-refractivity contribution in [1.82, 2.24) is 25.1 Å². The van der Waals surface area contributed by atoms with Gasteiger partial charge in [0.05, 0.1) is 6.04 Å². The van der Waals surface area contributed by atoms with E-state index in [1.165, 1.54) is 0 Å². The number of rotatable bonds is 5. The highest BCUT2D eigenvalue weighted by Gasteiger charge is 2.25. The molecule has 0 spiro atoms. The van der Waals surface area contributed by atoms with Gasteiger partial charge in [-0.2, -0.15) is 4.98 Å². The highest BCUT2D eigenvalue weighted by Crippen LogP contribution is 2.23. The van der Waals surface area contributed by atoms with Gasteiger partial charge in [-0.15, -0.1) is 5.10 Å². The molecule has 3 rings (SSSR count). The van der Waals surface area contributed by atoms with Gasteiger partial charge in [0, 0.05) is 18.9 Å². The Balaban J connectivity index is 1.92. The number of benzene rings is 1. The van der Waals surface area contributed by atoms with Gasteiger partial charge in [-0.1, -0.05) is 30.3 Å². The molecule has 122 valence electrons. The SMILES string of the molecule is CC(c1ccccc1)N(Cc1ccncc1)C(=O)c1nc(N)n[nH]1. The van der Waals surface area contributed by atoms with Crippen molar-refractivity contribution in [3.8, 4) is 0 Å². The van der Waals surface area contributed by atoms with Gasteiger partial charge in [0.2, 0.25) is 11.8 Å². The van der Waals surface area contributed by atoms with Crippen molar-refractivity contribution in [2.75, 3.05) is 5.73 Å². The van der Waals surface area contributed by atoms with Gasteiger partial charge < -0.3 is 10.6 Å². The van der Waals surface area contributed by atoms with Crippen LogP contribution >= 0.6 is 0 Å². The monoisotopic (exact) mass is 322 g/mol. The van der Waals surface area contributed by atoms with Crippen LogP contribution in [0.3, 0.4) is 0 Å². The first kappa shape index (κ1) is 15.7. The van der Waals surface area contributed by atoms with Crippen LogP contribution in [0.1, 0.15) is 34.7 Å². The summed E-state index contributed by atoms with van der Waals surface area (Å²) in [6.07, 6.45) is 3.41. The highest BCUT2D eigenvalue weighted by molar-refractivity contribution is 5.91. The van der Waals surface area contributed by atoms with Crippen LogP contribution in [-0.2, 0) is 6.54 Å². The molecule has 0 radical (unpaired) electrons. The minimum atomic E-state index is -0.257. The Bertz CT molecular complexity index is 802. The quantitative estimate of drug-likeness (QED) is 0.750. The Morgan fingerprint density at radius 3 is 2.54 bits per heavy atom. The lowest BCUT2D eigenvalue weighted by molar-refractivity contribution is 0.0662. The normalized spacial score (nSPS) is 11.9. The average Bonchev–Trinajstić information content (AvgIpc) is 3.06. The first-order chi connectivity index (χ1) is 11.6. The summed E-state index contributed by atoms with van der Waals surface area (Å²) < 4.78 is 0. The van der Waals surface area contributed by atoms with Gasteiger partial charge in [-0.05, 0) is 30.2 Å². The van der Waals surface area contributed by atoms with E-state index in [0.29, 0.717) is 6.54 Å². The third-order valence-corrected chi connectivity index (χ3v) is 3.82. The number of carbonyl (C=O) groups excluding carboxylic acids is 1. The molecule has 7 heteroatoms. The number of nitrogens with zero attached hydrogens (tertiary/aromatic N) is 4. The van der Waals surface area contributed by atoms with Crippen molar-refractivity contribution in [3.05, 3.63) is 71.8 Å². The molecule has 3 N–H and O–H groups in total. The van der Waals surface area contributed by atoms with E-state index in [1.54, 1.807) is 17.3 Å². The topological polar surface area (TPSA) is 101 Å². The van der Waals surface area contributed by atoms with Crippen molar-refractivity contribution >= 4 is 11.9 Å². The van der Waals surface area contributed by atoms with Gasteiger partial charge in [0.1, 0.15) is 0 Å². The summed E-state index contributed by atoms with van der Waals surface area (Å²) in [5, 5.41) is 6.33. The third-order valence-electron chi connectivity index (χ3n) is 3.82. The maximum absolute atomic E-state index is 12.9. The molecule has 0 bridgehead atoms. The predicted octanol–water partition coefficient (Wildman–Crippen LogP) is 2.19. The lowest BCUT2D eigenvalue weighted by atomic mass is 10.1. The predicted molar refractivity (Wildman–Crippen MR) is 89.8 cm³/mol. The highest BCUT2D eigenvalue weighted by atomic mass is 16.2. The molecule has 1 atom stereocenters. The van der Waals surface area contributed by atoms with Crippen LogP contribution in [0.15, 0.2) is 54.9 Å². The van der Waals surface area contributed by atoms with Crippen molar-refractivity contribution in [2.24, 2.45) is 0 Å². The van der Waals surface area contributed by atoms with E-state index in [-0.39, 0.29) is 23.7 Å². The summed E-state index contributed by atoms with van der Waals surface area (Å²) in [5.41, 5.74) is 7.54. The molecule has 0 fully saturated rings. The molecule has 0 aliphatic rings. The molecule has 2 heterocycles. The molecular weight excluding hydrogens is 304 g/mol. The van der Waals surface area contributed by atoms with Crippen LogP contribution in [-0.4, -0.2) is 31.0 Å². The van der Waals surface area contributed by atoms with Gasteiger partial charge >= 0.3 is 0 Å². The van der Waals surface area contributed by atoms with Gasteiger partial charge in [-0.3, -0.25) is 14.9 Å². The minimum Gasteiger partial charge on any atom is -0.366 e. The second-order valence-electron chi connectivity index (χ2n) is 5.42. The smallest absolute Gasteiger partial charge is 0.292 e. The number of nitrogens with one attached hydrogen (secondary N) is 1. The van der Waals surface area contributed by atoms with Crippen LogP contribution in [0.25, 0.3) is 0 Å². The molecule has 0 aliphatic heterocycles. The number of aromatic amines is 1. The van der Waals surface area contributed by atoms with Crippen molar-refractivity contribution < 1.29 is 4.79 Å². The van der Waals surface area contributed by atoms with Gasteiger partial charge in [-0.25, -0.2) is 0 Å². The Hall–Kier alpha value is -3.22. The number of aromatic nitrogens is 4. The lowest BCUT2D eigenvalue weighted by Gasteiger charge is -2.29. The molecule has 1 unspecified atom stereocenters. The van der Waals surface area contributed by atoms with Crippen LogP contribution in [0.4, 0.5) is 5.95 Å². The molecule has 1 amide bonds. The van der Waals surface area contributed by atoms with E-state index in [9.17, 15) is 4.79 Å². The van der Waals surface area contributed by atoms with Crippen molar-refractivity contribution in [1.29, 1.82) is 0 Å². The standard InChI is InChI=1S/C17H18N6O/c1-12(14-5-3-2-4-6-14)23(11-13-7-9-19-10-8-13)16(24)15-20-17(18)22-21-15/h2-10,12H,11H2,1H3,(H3,18,20,21,22). The summed E-state index contributed by atoms with van der Waals surface area (Å²) in [4.78, 5) is 22.6. The Kier molecular flexibility index (Phi) is 4.51. The maximum atomic E-state index is 12.9. The molecule has 1 aromatic carbocycles. The number of pyridine rings is 1. The molecule has 0 saturated heterocycles. The molecule has 3 aromatic rings. The largest absolute Gasteiger partial charge is 0.366 e. The fourth-order valence-electron chi connectivity index (χ4n) is 2.49. The van der Waals surface area contributed by atoms with Crippen LogP contribution in [0.2, 0.25) is 0 Å². The van der Waals surface area contributed by atoms with E-state index in [1.807, 2.05) is 49.4 Å². The summed E-state index contributed by atoms with van der Waals surface area (Å²) >= 11 is 0. The lowest BCUT2D eigenvalue weighted by Crippen LogP contribution is -2.34. The molecule has 0 aliphatic carbocycles. The average molecular weight is 322 g/mol. The minimum absolute atomic E-state index is 0.0505. The molecular formula is C17H18N6O. The van der Waals surface area contributed by atoms with Crippen LogP contribution < -0.4 is 5.73 Å². The zero-order chi connectivity index (χ0) is 16.9. The zero-order valence-electron chi connectivity index (χ0n) is 13.3. The summed E-state index contributed by atoms with van der Waals surface area (Å²) in [6, 6.07) is 13.5. The first-order valence-corrected chi connectivity index (χ1v) is 7.58. The molecule has 0 saturated carbocycles. The Morgan fingerprint density at radius 1 is 1.21 bits per heavy atom. The number of hydrogen-bond acceptors (Lipinski definition) is 5. The molecule has 7 nitrogen and oxygen atoms in total. The number of nitrogens with two attached hydrogens (primary N) is 1. The molecule has 24 heavy (non-hydrogen) atoms. The number of anilines is 1. The number of H-pyrrole nitrogens is 1. The van der Waals surface area contributed by atoms with Gasteiger partial charge in [0.25, 0.3) is 5.91 Å². The van der Waals surface area contributed by atoms with E-state index >= 15 is 0 Å². The summed E-state index contributed by atoms with van der Waals surface area (Å²) in [6.45, 7) is 2.41. The second kappa shape index (κ2) is 6.91. The number of hydrogen-bond donors (Lipinski definition) is 2. The molecule has 2 aromatic heterocycles.